The quantitative estimate of drug-likeness (QED) is 0.767. The van der Waals surface area contributed by atoms with Crippen LogP contribution in [-0.4, -0.2) is 27.3 Å². The fourth-order valence-electron chi connectivity index (χ4n) is 2.60. The van der Waals surface area contributed by atoms with Crippen molar-refractivity contribution in [1.29, 1.82) is 0 Å². The zero-order valence-electron chi connectivity index (χ0n) is 14.9. The van der Waals surface area contributed by atoms with Crippen LogP contribution in [0, 0.1) is 19.8 Å². The molecule has 1 unspecified atom stereocenters. The number of aromatic nitrogens is 3. The van der Waals surface area contributed by atoms with E-state index in [9.17, 15) is 4.79 Å². The van der Waals surface area contributed by atoms with E-state index in [0.717, 1.165) is 29.8 Å². The number of aryl methyl sites for hydroxylation is 3. The fraction of sp³-hybridized carbons (Fsp3) is 0.500. The smallest absolute Gasteiger partial charge is 0.315 e. The molecule has 0 aliphatic rings. The van der Waals surface area contributed by atoms with Gasteiger partial charge in [0.05, 0.1) is 17.9 Å². The summed E-state index contributed by atoms with van der Waals surface area (Å²) in [4.78, 5) is 16.6. The summed E-state index contributed by atoms with van der Waals surface area (Å²) in [6, 6.07) is 3.67. The van der Waals surface area contributed by atoms with Crippen LogP contribution < -0.4 is 10.6 Å². The molecular weight excluding hydrogens is 302 g/mol. The Morgan fingerprint density at radius 3 is 2.75 bits per heavy atom. The summed E-state index contributed by atoms with van der Waals surface area (Å²) < 4.78 is 1.89. The van der Waals surface area contributed by atoms with Crippen LogP contribution in [0.15, 0.2) is 30.7 Å². The number of carbonyl (C=O) groups is 1. The van der Waals surface area contributed by atoms with Crippen molar-refractivity contribution in [3.05, 3.63) is 47.5 Å². The number of nitrogens with one attached hydrogen (secondary N) is 2. The molecule has 2 amide bonds. The molecule has 130 valence electrons. The predicted octanol–water partition coefficient (Wildman–Crippen LogP) is 2.98. The molecule has 1 atom stereocenters. The fourth-order valence-corrected chi connectivity index (χ4v) is 2.60. The Morgan fingerprint density at radius 1 is 1.33 bits per heavy atom. The van der Waals surface area contributed by atoms with Gasteiger partial charge in [0.15, 0.2) is 0 Å². The van der Waals surface area contributed by atoms with Crippen LogP contribution in [0.2, 0.25) is 0 Å². The monoisotopic (exact) mass is 329 g/mol. The topological polar surface area (TPSA) is 71.8 Å². The third kappa shape index (κ3) is 5.08. The van der Waals surface area contributed by atoms with Crippen molar-refractivity contribution in [3.63, 3.8) is 0 Å². The molecule has 0 radical (unpaired) electrons. The third-order valence-electron chi connectivity index (χ3n) is 3.91. The van der Waals surface area contributed by atoms with E-state index < -0.39 is 0 Å². The Hall–Kier alpha value is -2.37. The molecule has 2 rings (SSSR count). The van der Waals surface area contributed by atoms with E-state index in [1.54, 1.807) is 6.20 Å². The number of urea groups is 1. The summed E-state index contributed by atoms with van der Waals surface area (Å²) in [5, 5.41) is 10.2. The van der Waals surface area contributed by atoms with Crippen molar-refractivity contribution in [1.82, 2.24) is 25.4 Å². The van der Waals surface area contributed by atoms with Crippen LogP contribution in [-0.2, 0) is 6.54 Å². The number of amides is 2. The van der Waals surface area contributed by atoms with Crippen LogP contribution in [0.25, 0.3) is 0 Å². The van der Waals surface area contributed by atoms with Crippen LogP contribution in [0.5, 0.6) is 0 Å². The van der Waals surface area contributed by atoms with Crippen molar-refractivity contribution in [2.45, 2.75) is 46.7 Å². The van der Waals surface area contributed by atoms with Crippen molar-refractivity contribution in [2.75, 3.05) is 6.54 Å². The molecule has 0 aliphatic heterocycles. The Kier molecular flexibility index (Phi) is 6.35. The van der Waals surface area contributed by atoms with Gasteiger partial charge in [-0.05, 0) is 43.4 Å². The number of hydrogen-bond acceptors (Lipinski definition) is 3. The first kappa shape index (κ1) is 18.0. The van der Waals surface area contributed by atoms with Crippen molar-refractivity contribution in [3.8, 4) is 0 Å². The number of pyridine rings is 1. The minimum atomic E-state index is -0.157. The van der Waals surface area contributed by atoms with E-state index in [2.05, 4.69) is 34.6 Å². The minimum absolute atomic E-state index is 0.0973. The average molecular weight is 329 g/mol. The summed E-state index contributed by atoms with van der Waals surface area (Å²) in [5.74, 6) is 0.261. The standard InChI is InChI=1S/C18H27N5O/c1-13(2)16(17-15(4)7-5-8-19-17)22-18(24)20-9-6-10-23-12-14(3)11-21-23/h5,7-8,11-13,16H,6,9-10H2,1-4H3,(H2,20,22,24). The Bertz CT molecular complexity index is 665. The molecule has 0 aliphatic carbocycles. The summed E-state index contributed by atoms with van der Waals surface area (Å²) in [6.45, 7) is 9.60. The first-order chi connectivity index (χ1) is 11.5. The van der Waals surface area contributed by atoms with Gasteiger partial charge in [0, 0.05) is 25.5 Å². The summed E-state index contributed by atoms with van der Waals surface area (Å²) in [5.41, 5.74) is 3.16. The lowest BCUT2D eigenvalue weighted by Gasteiger charge is -2.23. The largest absolute Gasteiger partial charge is 0.338 e. The number of hydrogen-bond donors (Lipinski definition) is 2. The van der Waals surface area contributed by atoms with Gasteiger partial charge in [0.2, 0.25) is 0 Å². The second-order valence-corrected chi connectivity index (χ2v) is 6.46. The maximum atomic E-state index is 12.2. The van der Waals surface area contributed by atoms with Gasteiger partial charge in [-0.3, -0.25) is 9.67 Å². The maximum Gasteiger partial charge on any atom is 0.315 e. The molecule has 6 nitrogen and oxygen atoms in total. The number of carbonyl (C=O) groups excluding carboxylic acids is 1. The molecule has 0 saturated carbocycles. The van der Waals surface area contributed by atoms with E-state index in [-0.39, 0.29) is 18.0 Å². The summed E-state index contributed by atoms with van der Waals surface area (Å²) in [7, 11) is 0. The molecule has 0 bridgehead atoms. The third-order valence-corrected chi connectivity index (χ3v) is 3.91. The van der Waals surface area contributed by atoms with E-state index in [4.69, 9.17) is 0 Å². The van der Waals surface area contributed by atoms with E-state index in [1.807, 2.05) is 43.1 Å². The normalized spacial score (nSPS) is 12.2. The van der Waals surface area contributed by atoms with Crippen molar-refractivity contribution >= 4 is 6.03 Å². The molecular formula is C18H27N5O. The molecule has 0 fully saturated rings. The van der Waals surface area contributed by atoms with Gasteiger partial charge in [-0.2, -0.15) is 5.10 Å². The number of nitrogens with zero attached hydrogens (tertiary/aromatic N) is 3. The van der Waals surface area contributed by atoms with E-state index in [0.29, 0.717) is 6.54 Å². The minimum Gasteiger partial charge on any atom is -0.338 e. The highest BCUT2D eigenvalue weighted by molar-refractivity contribution is 5.74. The summed E-state index contributed by atoms with van der Waals surface area (Å²) in [6.07, 6.45) is 6.44. The summed E-state index contributed by atoms with van der Waals surface area (Å²) >= 11 is 0. The highest BCUT2D eigenvalue weighted by Gasteiger charge is 2.20. The lowest BCUT2D eigenvalue weighted by molar-refractivity contribution is 0.232. The van der Waals surface area contributed by atoms with Gasteiger partial charge in [-0.15, -0.1) is 0 Å². The molecule has 0 aromatic carbocycles. The van der Waals surface area contributed by atoms with Gasteiger partial charge in [0.1, 0.15) is 0 Å². The first-order valence-electron chi connectivity index (χ1n) is 8.42. The molecule has 2 heterocycles. The second-order valence-electron chi connectivity index (χ2n) is 6.46. The molecule has 2 N–H and O–H groups in total. The SMILES string of the molecule is Cc1cnn(CCCNC(=O)NC(c2ncccc2C)C(C)C)c1. The molecule has 0 saturated heterocycles. The van der Waals surface area contributed by atoms with Crippen molar-refractivity contribution in [2.24, 2.45) is 5.92 Å². The lowest BCUT2D eigenvalue weighted by atomic mass is 9.97. The predicted molar refractivity (Wildman–Crippen MR) is 94.7 cm³/mol. The molecule has 6 heteroatoms. The maximum absolute atomic E-state index is 12.2. The highest BCUT2D eigenvalue weighted by atomic mass is 16.2. The van der Waals surface area contributed by atoms with Gasteiger partial charge in [-0.25, -0.2) is 4.79 Å². The van der Waals surface area contributed by atoms with Crippen LogP contribution in [0.3, 0.4) is 0 Å². The Morgan fingerprint density at radius 2 is 2.12 bits per heavy atom. The molecule has 24 heavy (non-hydrogen) atoms. The highest BCUT2D eigenvalue weighted by Crippen LogP contribution is 2.22. The van der Waals surface area contributed by atoms with Crippen LogP contribution in [0.1, 0.15) is 43.1 Å². The lowest BCUT2D eigenvalue weighted by Crippen LogP contribution is -2.40. The van der Waals surface area contributed by atoms with Gasteiger partial charge in [-0.1, -0.05) is 19.9 Å². The van der Waals surface area contributed by atoms with E-state index >= 15 is 0 Å². The van der Waals surface area contributed by atoms with Gasteiger partial charge in [0.25, 0.3) is 0 Å². The zero-order valence-corrected chi connectivity index (χ0v) is 14.9. The van der Waals surface area contributed by atoms with Crippen molar-refractivity contribution < 1.29 is 4.79 Å². The second kappa shape index (κ2) is 8.47. The number of rotatable bonds is 7. The Labute approximate surface area is 143 Å². The van der Waals surface area contributed by atoms with Crippen LogP contribution in [0.4, 0.5) is 4.79 Å². The molecule has 2 aromatic rings. The van der Waals surface area contributed by atoms with E-state index in [1.165, 1.54) is 0 Å². The zero-order chi connectivity index (χ0) is 17.5. The van der Waals surface area contributed by atoms with Crippen LogP contribution >= 0.6 is 0 Å². The van der Waals surface area contributed by atoms with Gasteiger partial charge >= 0.3 is 6.03 Å². The first-order valence-corrected chi connectivity index (χ1v) is 8.42. The Balaban J connectivity index is 1.82. The average Bonchev–Trinajstić information content (AvgIpc) is 2.95. The molecule has 0 spiro atoms. The molecule has 2 aromatic heterocycles. The van der Waals surface area contributed by atoms with Gasteiger partial charge < -0.3 is 10.6 Å².